The molecule has 0 saturated carbocycles. The van der Waals surface area contributed by atoms with Gasteiger partial charge >= 0.3 is 0 Å². The molecule has 2 heterocycles. The zero-order chi connectivity index (χ0) is 11.7. The van der Waals surface area contributed by atoms with Crippen LogP contribution in [0.3, 0.4) is 0 Å². The fourth-order valence-electron chi connectivity index (χ4n) is 1.91. The molecule has 17 heavy (non-hydrogen) atoms. The van der Waals surface area contributed by atoms with Gasteiger partial charge in [-0.2, -0.15) is 10.1 Å². The van der Waals surface area contributed by atoms with Gasteiger partial charge in [0.2, 0.25) is 5.96 Å². The molecule has 2 aliphatic rings. The van der Waals surface area contributed by atoms with Crippen LogP contribution in [-0.2, 0) is 4.79 Å². The van der Waals surface area contributed by atoms with E-state index in [0.717, 1.165) is 17.8 Å². The molecule has 5 heteroatoms. The number of carbonyl (C=O) groups is 1. The summed E-state index contributed by atoms with van der Waals surface area (Å²) in [5, 5.41) is 8.75. The lowest BCUT2D eigenvalue weighted by Crippen LogP contribution is -2.36. The Hall–Kier alpha value is -2.17. The Morgan fingerprint density at radius 2 is 2.06 bits per heavy atom. The number of guanidine groups is 1. The number of nitrogens with zero attached hydrogens (tertiary/aromatic N) is 3. The molecule has 0 aromatic heterocycles. The third-order valence-electron chi connectivity index (χ3n) is 2.74. The molecule has 0 fully saturated rings. The van der Waals surface area contributed by atoms with Gasteiger partial charge in [-0.15, -0.1) is 0 Å². The van der Waals surface area contributed by atoms with E-state index >= 15 is 0 Å². The van der Waals surface area contributed by atoms with Crippen molar-refractivity contribution in [3.63, 3.8) is 0 Å². The smallest absolute Gasteiger partial charge is 0.256 e. The highest BCUT2D eigenvalue weighted by molar-refractivity contribution is 6.17. The SMILES string of the molecule is O=C1CC(c2ccccc2)=NN1C1=NCCN1. The molecule has 5 nitrogen and oxygen atoms in total. The molecule has 0 aliphatic carbocycles. The second kappa shape index (κ2) is 4.01. The molecular weight excluding hydrogens is 216 g/mol. The molecule has 0 saturated heterocycles. The van der Waals surface area contributed by atoms with E-state index in [4.69, 9.17) is 0 Å². The summed E-state index contributed by atoms with van der Waals surface area (Å²) in [5.74, 6) is 0.540. The quantitative estimate of drug-likeness (QED) is 0.764. The van der Waals surface area contributed by atoms with Gasteiger partial charge in [-0.1, -0.05) is 30.3 Å². The van der Waals surface area contributed by atoms with Crippen LogP contribution >= 0.6 is 0 Å². The van der Waals surface area contributed by atoms with Gasteiger partial charge in [-0.25, -0.2) is 4.99 Å². The van der Waals surface area contributed by atoms with E-state index in [1.165, 1.54) is 5.01 Å². The van der Waals surface area contributed by atoms with Crippen molar-refractivity contribution in [1.82, 2.24) is 10.3 Å². The van der Waals surface area contributed by atoms with E-state index in [-0.39, 0.29) is 5.91 Å². The van der Waals surface area contributed by atoms with E-state index in [1.54, 1.807) is 0 Å². The minimum absolute atomic E-state index is 0.0306. The first kappa shape index (κ1) is 10.0. The average molecular weight is 228 g/mol. The molecule has 2 aliphatic heterocycles. The summed E-state index contributed by atoms with van der Waals surface area (Å²) >= 11 is 0. The Labute approximate surface area is 98.8 Å². The zero-order valence-electron chi connectivity index (χ0n) is 9.26. The number of hydrogen-bond donors (Lipinski definition) is 1. The first-order valence-corrected chi connectivity index (χ1v) is 5.59. The van der Waals surface area contributed by atoms with Crippen LogP contribution in [0.1, 0.15) is 12.0 Å². The molecule has 1 amide bonds. The predicted octanol–water partition coefficient (Wildman–Crippen LogP) is 0.582. The molecule has 1 N–H and O–H groups in total. The maximum atomic E-state index is 11.8. The maximum Gasteiger partial charge on any atom is 0.256 e. The van der Waals surface area contributed by atoms with E-state index in [0.29, 0.717) is 18.9 Å². The second-order valence-electron chi connectivity index (χ2n) is 3.93. The number of nitrogens with one attached hydrogen (secondary N) is 1. The summed E-state index contributed by atoms with van der Waals surface area (Å²) in [6.07, 6.45) is 0.338. The molecule has 0 radical (unpaired) electrons. The highest BCUT2D eigenvalue weighted by Crippen LogP contribution is 2.15. The third kappa shape index (κ3) is 1.80. The molecule has 1 aromatic rings. The summed E-state index contributed by atoms with van der Waals surface area (Å²) < 4.78 is 0. The van der Waals surface area contributed by atoms with Crippen LogP contribution in [0.2, 0.25) is 0 Å². The minimum atomic E-state index is -0.0306. The number of aliphatic imine (C=N–C) groups is 1. The Morgan fingerprint density at radius 3 is 2.76 bits per heavy atom. The minimum Gasteiger partial charge on any atom is -0.353 e. The van der Waals surface area contributed by atoms with Gasteiger partial charge in [0.15, 0.2) is 0 Å². The lowest BCUT2D eigenvalue weighted by atomic mass is 10.1. The first-order chi connectivity index (χ1) is 8.34. The first-order valence-electron chi connectivity index (χ1n) is 5.59. The van der Waals surface area contributed by atoms with Gasteiger partial charge in [0, 0.05) is 6.54 Å². The van der Waals surface area contributed by atoms with Crippen LogP contribution in [0.25, 0.3) is 0 Å². The van der Waals surface area contributed by atoms with Gasteiger partial charge in [-0.3, -0.25) is 4.79 Å². The van der Waals surface area contributed by atoms with Crippen LogP contribution in [0.5, 0.6) is 0 Å². The van der Waals surface area contributed by atoms with E-state index in [9.17, 15) is 4.79 Å². The number of hydrogen-bond acceptors (Lipinski definition) is 4. The normalized spacial score (nSPS) is 19.1. The average Bonchev–Trinajstić information content (AvgIpc) is 2.99. The van der Waals surface area contributed by atoms with Crippen molar-refractivity contribution in [2.24, 2.45) is 10.1 Å². The van der Waals surface area contributed by atoms with Crippen LogP contribution < -0.4 is 5.32 Å². The predicted molar refractivity (Wildman–Crippen MR) is 64.7 cm³/mol. The van der Waals surface area contributed by atoms with Crippen molar-refractivity contribution in [2.75, 3.05) is 13.1 Å². The van der Waals surface area contributed by atoms with Crippen LogP contribution in [-0.4, -0.2) is 35.7 Å². The van der Waals surface area contributed by atoms with Crippen LogP contribution in [0.4, 0.5) is 0 Å². The topological polar surface area (TPSA) is 57.1 Å². The van der Waals surface area contributed by atoms with E-state index in [2.05, 4.69) is 15.4 Å². The highest BCUT2D eigenvalue weighted by Gasteiger charge is 2.29. The molecule has 0 bridgehead atoms. The Kier molecular flexibility index (Phi) is 2.36. The number of carbonyl (C=O) groups excluding carboxylic acids is 1. The summed E-state index contributed by atoms with van der Waals surface area (Å²) in [7, 11) is 0. The van der Waals surface area contributed by atoms with Crippen LogP contribution in [0.15, 0.2) is 40.4 Å². The highest BCUT2D eigenvalue weighted by atomic mass is 16.2. The molecule has 0 spiro atoms. The number of amides is 1. The summed E-state index contributed by atoms with van der Waals surface area (Å²) in [4.78, 5) is 16.0. The molecule has 3 rings (SSSR count). The van der Waals surface area contributed by atoms with E-state index in [1.807, 2.05) is 30.3 Å². The largest absolute Gasteiger partial charge is 0.353 e. The summed E-state index contributed by atoms with van der Waals surface area (Å²) in [6.45, 7) is 1.48. The fraction of sp³-hybridized carbons (Fsp3) is 0.250. The Bertz CT molecular complexity index is 506. The molecule has 0 atom stereocenters. The van der Waals surface area contributed by atoms with Crippen molar-refractivity contribution in [2.45, 2.75) is 6.42 Å². The van der Waals surface area contributed by atoms with Crippen LogP contribution in [0, 0.1) is 0 Å². The van der Waals surface area contributed by atoms with Crippen molar-refractivity contribution in [3.05, 3.63) is 35.9 Å². The number of rotatable bonds is 1. The molecule has 0 unspecified atom stereocenters. The lowest BCUT2D eigenvalue weighted by Gasteiger charge is -2.10. The van der Waals surface area contributed by atoms with Gasteiger partial charge in [-0.05, 0) is 5.56 Å². The molecule has 86 valence electrons. The van der Waals surface area contributed by atoms with Gasteiger partial charge in [0.05, 0.1) is 18.7 Å². The lowest BCUT2D eigenvalue weighted by molar-refractivity contribution is -0.125. The summed E-state index contributed by atoms with van der Waals surface area (Å²) in [6, 6.07) is 9.74. The second-order valence-corrected chi connectivity index (χ2v) is 3.93. The van der Waals surface area contributed by atoms with Crippen molar-refractivity contribution in [3.8, 4) is 0 Å². The van der Waals surface area contributed by atoms with Gasteiger partial charge in [0.25, 0.3) is 5.91 Å². The maximum absolute atomic E-state index is 11.8. The third-order valence-corrected chi connectivity index (χ3v) is 2.74. The number of hydrazone groups is 1. The van der Waals surface area contributed by atoms with E-state index < -0.39 is 0 Å². The van der Waals surface area contributed by atoms with Gasteiger partial charge < -0.3 is 5.32 Å². The zero-order valence-corrected chi connectivity index (χ0v) is 9.26. The molecular formula is C12H12N4O. The van der Waals surface area contributed by atoms with Crippen molar-refractivity contribution < 1.29 is 4.79 Å². The van der Waals surface area contributed by atoms with Crippen molar-refractivity contribution >= 4 is 17.6 Å². The fourth-order valence-corrected chi connectivity index (χ4v) is 1.91. The Balaban J connectivity index is 1.89. The Morgan fingerprint density at radius 1 is 1.24 bits per heavy atom. The monoisotopic (exact) mass is 228 g/mol. The van der Waals surface area contributed by atoms with Gasteiger partial charge in [0.1, 0.15) is 0 Å². The number of benzene rings is 1. The van der Waals surface area contributed by atoms with Crippen molar-refractivity contribution in [1.29, 1.82) is 0 Å². The summed E-state index contributed by atoms with van der Waals surface area (Å²) in [5.41, 5.74) is 1.79. The standard InChI is InChI=1S/C12H12N4O/c17-11-8-10(9-4-2-1-3-5-9)15-16(11)12-13-6-7-14-12/h1-5H,6-8H2,(H,13,14). The molecule has 1 aromatic carbocycles.